The molecule has 0 unspecified atom stereocenters. The Bertz CT molecular complexity index is 600. The minimum absolute atomic E-state index is 0.0465. The third-order valence-corrected chi connectivity index (χ3v) is 5.13. The number of hydrogen-bond acceptors (Lipinski definition) is 3. The van der Waals surface area contributed by atoms with E-state index in [1.54, 1.807) is 20.8 Å². The molecular weight excluding hydrogens is 281 g/mol. The van der Waals surface area contributed by atoms with Gasteiger partial charge in [-0.25, -0.2) is 12.8 Å². The maximum atomic E-state index is 13.3. The van der Waals surface area contributed by atoms with Gasteiger partial charge in [0.25, 0.3) is 0 Å². The van der Waals surface area contributed by atoms with E-state index in [0.717, 1.165) is 6.07 Å². The third kappa shape index (κ3) is 3.77. The topological polar surface area (TPSA) is 87.2 Å². The molecule has 0 radical (unpaired) electrons. The monoisotopic (exact) mass is 301 g/mol. The average molecular weight is 301 g/mol. The summed E-state index contributed by atoms with van der Waals surface area (Å²) in [5, 5.41) is 7.21. The second-order valence-electron chi connectivity index (χ2n) is 4.89. The second kappa shape index (κ2) is 6.32. The van der Waals surface area contributed by atoms with Crippen LogP contribution in [0.1, 0.15) is 25.8 Å². The first-order chi connectivity index (χ1) is 9.16. The number of hydrogen-bond donors (Lipinski definition) is 2. The number of benzene rings is 1. The van der Waals surface area contributed by atoms with E-state index in [1.807, 2.05) is 0 Å². The van der Waals surface area contributed by atoms with Gasteiger partial charge in [0.05, 0.1) is 10.7 Å². The molecule has 0 aromatic heterocycles. The first kappa shape index (κ1) is 16.6. The molecule has 0 aliphatic rings. The normalized spacial score (nSPS) is 12.1. The Morgan fingerprint density at radius 2 is 2.05 bits per heavy atom. The van der Waals surface area contributed by atoms with Crippen molar-refractivity contribution in [2.45, 2.75) is 38.1 Å². The highest BCUT2D eigenvalue weighted by Crippen LogP contribution is 2.22. The largest absolute Gasteiger partial charge is 0.388 e. The summed E-state index contributed by atoms with van der Waals surface area (Å²) in [6.45, 7) is 5.18. The predicted molar refractivity (Wildman–Crippen MR) is 76.7 cm³/mol. The van der Waals surface area contributed by atoms with Gasteiger partial charge in [0.15, 0.2) is 0 Å². The second-order valence-corrected chi connectivity index (χ2v) is 6.75. The van der Waals surface area contributed by atoms with E-state index in [4.69, 9.17) is 11.1 Å². The fourth-order valence-electron chi connectivity index (χ4n) is 1.86. The van der Waals surface area contributed by atoms with Gasteiger partial charge in [0, 0.05) is 19.0 Å². The number of halogens is 1. The van der Waals surface area contributed by atoms with Crippen molar-refractivity contribution in [1.29, 1.82) is 5.41 Å². The number of sulfonamides is 1. The van der Waals surface area contributed by atoms with Crippen molar-refractivity contribution >= 4 is 15.9 Å². The summed E-state index contributed by atoms with van der Waals surface area (Å²) in [4.78, 5) is -0.0465. The van der Waals surface area contributed by atoms with E-state index in [-0.39, 0.29) is 29.7 Å². The molecule has 0 aliphatic heterocycles. The van der Waals surface area contributed by atoms with Crippen LogP contribution >= 0.6 is 0 Å². The summed E-state index contributed by atoms with van der Waals surface area (Å²) in [6.07, 6.45) is 0.145. The van der Waals surface area contributed by atoms with Crippen molar-refractivity contribution in [2.75, 3.05) is 6.54 Å². The Labute approximate surface area is 119 Å². The van der Waals surface area contributed by atoms with Crippen LogP contribution in [0.25, 0.3) is 0 Å². The number of aryl methyl sites for hydroxylation is 1. The SMILES string of the molecule is Cc1ccc(F)cc1S(=O)(=O)N(CCC(=N)N)C(C)C. The Hall–Kier alpha value is -1.47. The Morgan fingerprint density at radius 1 is 1.45 bits per heavy atom. The molecule has 0 heterocycles. The lowest BCUT2D eigenvalue weighted by molar-refractivity contribution is 0.361. The molecule has 112 valence electrons. The molecule has 0 fully saturated rings. The van der Waals surface area contributed by atoms with Crippen molar-refractivity contribution in [3.05, 3.63) is 29.6 Å². The van der Waals surface area contributed by atoms with E-state index in [9.17, 15) is 12.8 Å². The zero-order valence-electron chi connectivity index (χ0n) is 11.9. The fourth-order valence-corrected chi connectivity index (χ4v) is 3.74. The lowest BCUT2D eigenvalue weighted by Gasteiger charge is -2.26. The van der Waals surface area contributed by atoms with Crippen LogP contribution in [0.3, 0.4) is 0 Å². The van der Waals surface area contributed by atoms with E-state index in [0.29, 0.717) is 5.56 Å². The molecule has 7 heteroatoms. The van der Waals surface area contributed by atoms with Crippen LogP contribution in [-0.4, -0.2) is 31.1 Å². The maximum Gasteiger partial charge on any atom is 0.243 e. The van der Waals surface area contributed by atoms with E-state index in [2.05, 4.69) is 0 Å². The number of nitrogens with one attached hydrogen (secondary N) is 1. The Balaban J connectivity index is 3.22. The molecule has 3 N–H and O–H groups in total. The molecule has 1 rings (SSSR count). The van der Waals surface area contributed by atoms with Crippen LogP contribution in [0.15, 0.2) is 23.1 Å². The molecule has 0 saturated heterocycles. The van der Waals surface area contributed by atoms with Crippen molar-refractivity contribution in [1.82, 2.24) is 4.31 Å². The van der Waals surface area contributed by atoms with Crippen LogP contribution < -0.4 is 5.73 Å². The van der Waals surface area contributed by atoms with Crippen LogP contribution in [0.5, 0.6) is 0 Å². The highest BCUT2D eigenvalue weighted by Gasteiger charge is 2.28. The predicted octanol–water partition coefficient (Wildman–Crippen LogP) is 1.86. The zero-order valence-corrected chi connectivity index (χ0v) is 12.7. The molecule has 1 aromatic carbocycles. The van der Waals surface area contributed by atoms with Gasteiger partial charge in [-0.05, 0) is 38.5 Å². The molecule has 0 amide bonds. The van der Waals surface area contributed by atoms with Gasteiger partial charge in [0.2, 0.25) is 10.0 Å². The third-order valence-electron chi connectivity index (χ3n) is 2.91. The minimum Gasteiger partial charge on any atom is -0.388 e. The highest BCUT2D eigenvalue weighted by molar-refractivity contribution is 7.89. The van der Waals surface area contributed by atoms with Crippen molar-refractivity contribution in [2.24, 2.45) is 5.73 Å². The summed E-state index contributed by atoms with van der Waals surface area (Å²) in [6, 6.07) is 3.38. The minimum atomic E-state index is -3.81. The summed E-state index contributed by atoms with van der Waals surface area (Å²) in [5.74, 6) is -0.675. The van der Waals surface area contributed by atoms with E-state index >= 15 is 0 Å². The molecule has 0 atom stereocenters. The van der Waals surface area contributed by atoms with Gasteiger partial charge >= 0.3 is 0 Å². The van der Waals surface area contributed by atoms with Crippen LogP contribution in [-0.2, 0) is 10.0 Å². The molecule has 0 spiro atoms. The van der Waals surface area contributed by atoms with Crippen LogP contribution in [0.2, 0.25) is 0 Å². The smallest absolute Gasteiger partial charge is 0.243 e. The first-order valence-corrected chi connectivity index (χ1v) is 7.71. The lowest BCUT2D eigenvalue weighted by atomic mass is 10.2. The Morgan fingerprint density at radius 3 is 2.55 bits per heavy atom. The fraction of sp³-hybridized carbons (Fsp3) is 0.462. The standard InChI is InChI=1S/C13H20FN3O2S/c1-9(2)17(7-6-13(15)16)20(18,19)12-8-11(14)5-4-10(12)3/h4-5,8-9H,6-7H2,1-3H3,(H3,15,16). The van der Waals surface area contributed by atoms with Crippen molar-refractivity contribution in [3.8, 4) is 0 Å². The van der Waals surface area contributed by atoms with Gasteiger partial charge < -0.3 is 5.73 Å². The lowest BCUT2D eigenvalue weighted by Crippen LogP contribution is -2.39. The summed E-state index contributed by atoms with van der Waals surface area (Å²) < 4.78 is 39.8. The average Bonchev–Trinajstić information content (AvgIpc) is 2.31. The van der Waals surface area contributed by atoms with Gasteiger partial charge in [-0.1, -0.05) is 6.07 Å². The van der Waals surface area contributed by atoms with E-state index < -0.39 is 15.8 Å². The molecule has 5 nitrogen and oxygen atoms in total. The van der Waals surface area contributed by atoms with Crippen molar-refractivity contribution in [3.63, 3.8) is 0 Å². The van der Waals surface area contributed by atoms with Gasteiger partial charge in [-0.3, -0.25) is 5.41 Å². The van der Waals surface area contributed by atoms with Crippen LogP contribution in [0.4, 0.5) is 4.39 Å². The molecule has 1 aromatic rings. The van der Waals surface area contributed by atoms with Crippen LogP contribution in [0, 0.1) is 18.2 Å². The molecule has 0 aliphatic carbocycles. The Kier molecular flexibility index (Phi) is 5.24. The van der Waals surface area contributed by atoms with Gasteiger partial charge in [0.1, 0.15) is 5.82 Å². The van der Waals surface area contributed by atoms with Gasteiger partial charge in [-0.15, -0.1) is 0 Å². The summed E-state index contributed by atoms with van der Waals surface area (Å²) in [5.41, 5.74) is 5.76. The van der Waals surface area contributed by atoms with Gasteiger partial charge in [-0.2, -0.15) is 4.31 Å². The first-order valence-electron chi connectivity index (χ1n) is 6.27. The zero-order chi connectivity index (χ0) is 15.5. The summed E-state index contributed by atoms with van der Waals surface area (Å²) in [7, 11) is -3.81. The number of nitrogens with two attached hydrogens (primary N) is 1. The van der Waals surface area contributed by atoms with E-state index in [1.165, 1.54) is 16.4 Å². The van der Waals surface area contributed by atoms with Crippen molar-refractivity contribution < 1.29 is 12.8 Å². The molecule has 20 heavy (non-hydrogen) atoms. The number of rotatable bonds is 6. The quantitative estimate of drug-likeness (QED) is 0.621. The molecular formula is C13H20FN3O2S. The highest BCUT2D eigenvalue weighted by atomic mass is 32.2. The maximum absolute atomic E-state index is 13.3. The number of nitrogens with zero attached hydrogens (tertiary/aromatic N) is 1. The molecule has 0 saturated carbocycles. The number of amidine groups is 1. The molecule has 0 bridgehead atoms. The summed E-state index contributed by atoms with van der Waals surface area (Å²) >= 11 is 0.